The Labute approximate surface area is 93.1 Å². The lowest BCUT2D eigenvalue weighted by atomic mass is 10.1. The molecule has 0 aromatic rings. The number of likely N-dealkylation sites (tertiary alicyclic amines) is 1. The van der Waals surface area contributed by atoms with E-state index in [2.05, 4.69) is 29.7 Å². The van der Waals surface area contributed by atoms with Gasteiger partial charge in [0.25, 0.3) is 0 Å². The van der Waals surface area contributed by atoms with Crippen LogP contribution < -0.4 is 5.73 Å². The maximum absolute atomic E-state index is 5.87. The highest BCUT2D eigenvalue weighted by Crippen LogP contribution is 2.11. The zero-order valence-electron chi connectivity index (χ0n) is 9.65. The third-order valence-corrected chi connectivity index (χ3v) is 2.75. The molecule has 2 heteroatoms. The van der Waals surface area contributed by atoms with Gasteiger partial charge in [-0.1, -0.05) is 30.9 Å². The molecule has 1 rings (SSSR count). The summed E-state index contributed by atoms with van der Waals surface area (Å²) in [7, 11) is 0. The van der Waals surface area contributed by atoms with E-state index in [1.165, 1.54) is 5.57 Å². The van der Waals surface area contributed by atoms with Gasteiger partial charge in [-0.05, 0) is 38.4 Å². The fourth-order valence-corrected chi connectivity index (χ4v) is 1.90. The molecular weight excluding hydrogens is 184 g/mol. The zero-order chi connectivity index (χ0) is 11.1. The van der Waals surface area contributed by atoms with Crippen LogP contribution in [0.5, 0.6) is 0 Å². The molecule has 2 nitrogen and oxygen atoms in total. The van der Waals surface area contributed by atoms with Crippen LogP contribution in [0.1, 0.15) is 19.8 Å². The lowest BCUT2D eigenvalue weighted by Gasteiger charge is -2.30. The third kappa shape index (κ3) is 4.45. The van der Waals surface area contributed by atoms with Crippen molar-refractivity contribution < 1.29 is 0 Å². The second-order valence-corrected chi connectivity index (χ2v) is 4.09. The summed E-state index contributed by atoms with van der Waals surface area (Å²) >= 11 is 0. The first-order valence-electron chi connectivity index (χ1n) is 5.68. The summed E-state index contributed by atoms with van der Waals surface area (Å²) in [6.07, 6.45) is 10.4. The minimum Gasteiger partial charge on any atom is -0.328 e. The molecule has 2 N–H and O–H groups in total. The van der Waals surface area contributed by atoms with Crippen LogP contribution in [-0.2, 0) is 0 Å². The fraction of sp³-hybridized carbons (Fsp3) is 0.538. The first kappa shape index (κ1) is 12.2. The van der Waals surface area contributed by atoms with Crippen molar-refractivity contribution in [1.29, 1.82) is 0 Å². The van der Waals surface area contributed by atoms with E-state index in [0.717, 1.165) is 32.5 Å². The van der Waals surface area contributed by atoms with Crippen LogP contribution in [0, 0.1) is 0 Å². The van der Waals surface area contributed by atoms with Crippen molar-refractivity contribution in [3.05, 3.63) is 36.5 Å². The van der Waals surface area contributed by atoms with Crippen LogP contribution in [0.4, 0.5) is 0 Å². The number of piperidine rings is 1. The van der Waals surface area contributed by atoms with Crippen molar-refractivity contribution in [2.45, 2.75) is 25.8 Å². The van der Waals surface area contributed by atoms with Gasteiger partial charge in [-0.2, -0.15) is 0 Å². The molecule has 1 aliphatic rings. The predicted molar refractivity (Wildman–Crippen MR) is 66.7 cm³/mol. The van der Waals surface area contributed by atoms with Gasteiger partial charge in [0, 0.05) is 12.6 Å². The van der Waals surface area contributed by atoms with Gasteiger partial charge in [0.05, 0.1) is 0 Å². The highest BCUT2D eigenvalue weighted by molar-refractivity contribution is 5.24. The predicted octanol–water partition coefficient (Wildman–Crippen LogP) is 2.10. The van der Waals surface area contributed by atoms with Gasteiger partial charge >= 0.3 is 0 Å². The van der Waals surface area contributed by atoms with Gasteiger partial charge in [0.1, 0.15) is 0 Å². The van der Waals surface area contributed by atoms with Crippen LogP contribution in [-0.4, -0.2) is 30.6 Å². The van der Waals surface area contributed by atoms with Gasteiger partial charge in [-0.3, -0.25) is 4.90 Å². The van der Waals surface area contributed by atoms with Crippen molar-refractivity contribution >= 4 is 0 Å². The normalized spacial score (nSPS) is 21.1. The molecule has 0 radical (unpaired) electrons. The molecule has 0 atom stereocenters. The van der Waals surface area contributed by atoms with E-state index in [9.17, 15) is 0 Å². The highest BCUT2D eigenvalue weighted by atomic mass is 15.1. The Balaban J connectivity index is 2.44. The number of rotatable bonds is 4. The van der Waals surface area contributed by atoms with Crippen molar-refractivity contribution in [2.24, 2.45) is 5.73 Å². The van der Waals surface area contributed by atoms with Crippen LogP contribution in [0.3, 0.4) is 0 Å². The molecule has 1 heterocycles. The Morgan fingerprint density at radius 1 is 1.47 bits per heavy atom. The number of hydrogen-bond acceptors (Lipinski definition) is 2. The lowest BCUT2D eigenvalue weighted by Crippen LogP contribution is -2.40. The van der Waals surface area contributed by atoms with Crippen LogP contribution in [0.15, 0.2) is 36.5 Å². The van der Waals surface area contributed by atoms with Crippen LogP contribution in [0.2, 0.25) is 0 Å². The van der Waals surface area contributed by atoms with Crippen molar-refractivity contribution in [3.8, 4) is 0 Å². The quantitative estimate of drug-likeness (QED) is 0.714. The van der Waals surface area contributed by atoms with E-state index in [1.807, 2.05) is 13.0 Å². The Morgan fingerprint density at radius 3 is 2.67 bits per heavy atom. The molecule has 0 saturated carbocycles. The number of nitrogens with two attached hydrogens (primary N) is 1. The lowest BCUT2D eigenvalue weighted by molar-refractivity contribution is 0.230. The molecule has 0 unspecified atom stereocenters. The molecule has 1 saturated heterocycles. The summed E-state index contributed by atoms with van der Waals surface area (Å²) < 4.78 is 0. The second kappa shape index (κ2) is 6.59. The largest absolute Gasteiger partial charge is 0.328 e. The van der Waals surface area contributed by atoms with E-state index >= 15 is 0 Å². The van der Waals surface area contributed by atoms with E-state index in [4.69, 9.17) is 5.73 Å². The Hall–Kier alpha value is -0.860. The maximum Gasteiger partial charge on any atom is 0.0233 e. The van der Waals surface area contributed by atoms with E-state index in [0.29, 0.717) is 6.04 Å². The summed E-state index contributed by atoms with van der Waals surface area (Å²) in [5, 5.41) is 0. The average Bonchev–Trinajstić information content (AvgIpc) is 2.22. The van der Waals surface area contributed by atoms with Crippen molar-refractivity contribution in [2.75, 3.05) is 19.6 Å². The second-order valence-electron chi connectivity index (χ2n) is 4.09. The minimum atomic E-state index is 0.412. The minimum absolute atomic E-state index is 0.412. The topological polar surface area (TPSA) is 29.3 Å². The van der Waals surface area contributed by atoms with Crippen LogP contribution in [0.25, 0.3) is 0 Å². The third-order valence-electron chi connectivity index (χ3n) is 2.75. The molecule has 0 aliphatic carbocycles. The van der Waals surface area contributed by atoms with Gasteiger partial charge in [0.2, 0.25) is 0 Å². The molecule has 84 valence electrons. The first-order chi connectivity index (χ1) is 7.26. The van der Waals surface area contributed by atoms with Gasteiger partial charge in [-0.25, -0.2) is 0 Å². The van der Waals surface area contributed by atoms with Crippen molar-refractivity contribution in [3.63, 3.8) is 0 Å². The molecule has 0 spiro atoms. The van der Waals surface area contributed by atoms with Crippen LogP contribution >= 0.6 is 0 Å². The monoisotopic (exact) mass is 206 g/mol. The Kier molecular flexibility index (Phi) is 5.37. The molecule has 0 bridgehead atoms. The Morgan fingerprint density at radius 2 is 2.13 bits per heavy atom. The smallest absolute Gasteiger partial charge is 0.0233 e. The number of hydrogen-bond donors (Lipinski definition) is 1. The van der Waals surface area contributed by atoms with Gasteiger partial charge < -0.3 is 5.73 Å². The molecular formula is C13H22N2. The SMILES string of the molecule is C=C/C=C(\C=C/C)CN1CCC(N)CC1. The maximum atomic E-state index is 5.87. The molecule has 0 aromatic heterocycles. The summed E-state index contributed by atoms with van der Waals surface area (Å²) in [5.41, 5.74) is 7.20. The van der Waals surface area contributed by atoms with E-state index < -0.39 is 0 Å². The van der Waals surface area contributed by atoms with Crippen molar-refractivity contribution in [1.82, 2.24) is 4.90 Å². The average molecular weight is 206 g/mol. The highest BCUT2D eigenvalue weighted by Gasteiger charge is 2.15. The summed E-state index contributed by atoms with van der Waals surface area (Å²) in [5.74, 6) is 0. The van der Waals surface area contributed by atoms with Gasteiger partial charge in [-0.15, -0.1) is 0 Å². The zero-order valence-corrected chi connectivity index (χ0v) is 9.65. The Bertz CT molecular complexity index is 245. The molecule has 1 aliphatic heterocycles. The molecule has 0 aromatic carbocycles. The van der Waals surface area contributed by atoms with E-state index in [1.54, 1.807) is 0 Å². The molecule has 0 amide bonds. The standard InChI is InChI=1S/C13H22N2/c1-3-5-12(6-4-2)11-15-9-7-13(14)8-10-15/h3-6,13H,1,7-11,14H2,2H3/b6-4-,12-5+. The summed E-state index contributed by atoms with van der Waals surface area (Å²) in [6, 6.07) is 0.412. The molecule has 1 fully saturated rings. The number of nitrogens with zero attached hydrogens (tertiary/aromatic N) is 1. The number of allylic oxidation sites excluding steroid dienone is 3. The van der Waals surface area contributed by atoms with Gasteiger partial charge in [0.15, 0.2) is 0 Å². The molecule has 15 heavy (non-hydrogen) atoms. The fourth-order valence-electron chi connectivity index (χ4n) is 1.90. The first-order valence-corrected chi connectivity index (χ1v) is 5.68. The van der Waals surface area contributed by atoms with E-state index in [-0.39, 0.29) is 0 Å². The summed E-state index contributed by atoms with van der Waals surface area (Å²) in [4.78, 5) is 2.46. The summed E-state index contributed by atoms with van der Waals surface area (Å²) in [6.45, 7) is 9.04.